The third-order valence-corrected chi connectivity index (χ3v) is 4.58. The Labute approximate surface area is 166 Å². The molecule has 1 atom stereocenters. The number of hydrogen-bond donors (Lipinski definition) is 2. The zero-order chi connectivity index (χ0) is 18.9. The SMILES string of the molecule is CCCCCn1nc(C(=O)NC(CN)CCCC)c2ccccc2c1=O.Cl. The van der Waals surface area contributed by atoms with Crippen LogP contribution in [0, 0.1) is 0 Å². The van der Waals surface area contributed by atoms with Crippen LogP contribution in [0.1, 0.15) is 62.9 Å². The standard InChI is InChI=1S/C20H30N4O2.ClH/c1-3-5-9-13-24-20(26)17-12-8-7-11-16(17)18(23-24)19(25)22-15(14-21)10-6-4-2;/h7-8,11-12,15H,3-6,9-10,13-14,21H2,1-2H3,(H,22,25);1H. The van der Waals surface area contributed by atoms with Crippen LogP contribution < -0.4 is 16.6 Å². The minimum Gasteiger partial charge on any atom is -0.347 e. The Bertz CT molecular complexity index is 791. The van der Waals surface area contributed by atoms with Gasteiger partial charge in [0.25, 0.3) is 11.5 Å². The molecule has 6 nitrogen and oxygen atoms in total. The number of amides is 1. The summed E-state index contributed by atoms with van der Waals surface area (Å²) >= 11 is 0. The van der Waals surface area contributed by atoms with Crippen LogP contribution in [-0.2, 0) is 6.54 Å². The topological polar surface area (TPSA) is 90.0 Å². The molecule has 0 spiro atoms. The molecule has 7 heteroatoms. The third kappa shape index (κ3) is 6.04. The van der Waals surface area contributed by atoms with Crippen molar-refractivity contribution in [3.8, 4) is 0 Å². The van der Waals surface area contributed by atoms with Gasteiger partial charge in [-0.25, -0.2) is 4.68 Å². The Kier molecular flexibility index (Phi) is 10.0. The second-order valence-corrected chi connectivity index (χ2v) is 6.68. The zero-order valence-electron chi connectivity index (χ0n) is 16.2. The summed E-state index contributed by atoms with van der Waals surface area (Å²) in [5.74, 6) is -0.267. The number of aryl methyl sites for hydroxylation is 1. The molecule has 0 aliphatic heterocycles. The predicted octanol–water partition coefficient (Wildman–Crippen LogP) is 3.26. The lowest BCUT2D eigenvalue weighted by molar-refractivity contribution is 0.0930. The van der Waals surface area contributed by atoms with Gasteiger partial charge >= 0.3 is 0 Å². The third-order valence-electron chi connectivity index (χ3n) is 4.58. The monoisotopic (exact) mass is 394 g/mol. The van der Waals surface area contributed by atoms with Gasteiger partial charge in [0, 0.05) is 24.5 Å². The lowest BCUT2D eigenvalue weighted by Crippen LogP contribution is -2.41. The molecule has 0 aliphatic rings. The average molecular weight is 395 g/mol. The highest BCUT2D eigenvalue weighted by molar-refractivity contribution is 6.04. The van der Waals surface area contributed by atoms with E-state index in [4.69, 9.17) is 5.73 Å². The van der Waals surface area contributed by atoms with Crippen molar-refractivity contribution in [2.45, 2.75) is 65.0 Å². The highest BCUT2D eigenvalue weighted by Gasteiger charge is 2.19. The Balaban J connectivity index is 0.00000364. The minimum absolute atomic E-state index is 0. The number of carbonyl (C=O) groups is 1. The Morgan fingerprint density at radius 2 is 1.81 bits per heavy atom. The molecule has 0 radical (unpaired) electrons. The van der Waals surface area contributed by atoms with Crippen LogP contribution in [0.2, 0.25) is 0 Å². The molecule has 2 aromatic rings. The number of carbonyl (C=O) groups excluding carboxylic acids is 1. The normalized spacial score (nSPS) is 11.8. The van der Waals surface area contributed by atoms with Crippen molar-refractivity contribution in [3.63, 3.8) is 0 Å². The van der Waals surface area contributed by atoms with E-state index in [1.54, 1.807) is 12.1 Å². The van der Waals surface area contributed by atoms with E-state index in [1.165, 1.54) is 4.68 Å². The van der Waals surface area contributed by atoms with E-state index in [-0.39, 0.29) is 29.9 Å². The molecule has 1 amide bonds. The Hall–Kier alpha value is -1.92. The van der Waals surface area contributed by atoms with Gasteiger partial charge in [-0.15, -0.1) is 12.4 Å². The highest BCUT2D eigenvalue weighted by atomic mass is 35.5. The lowest BCUT2D eigenvalue weighted by atomic mass is 10.1. The molecular weight excluding hydrogens is 364 g/mol. The van der Waals surface area contributed by atoms with Gasteiger partial charge in [0.05, 0.1) is 5.39 Å². The van der Waals surface area contributed by atoms with Crippen LogP contribution in [0.5, 0.6) is 0 Å². The number of benzene rings is 1. The first-order chi connectivity index (χ1) is 12.6. The molecule has 1 aromatic carbocycles. The van der Waals surface area contributed by atoms with Gasteiger partial charge in [-0.2, -0.15) is 5.10 Å². The first-order valence-electron chi connectivity index (χ1n) is 9.63. The molecule has 27 heavy (non-hydrogen) atoms. The van der Waals surface area contributed by atoms with Crippen LogP contribution in [0.25, 0.3) is 10.8 Å². The Morgan fingerprint density at radius 3 is 2.44 bits per heavy atom. The molecule has 0 aliphatic carbocycles. The highest BCUT2D eigenvalue weighted by Crippen LogP contribution is 2.14. The minimum atomic E-state index is -0.267. The number of nitrogens with two attached hydrogens (primary N) is 1. The van der Waals surface area contributed by atoms with Crippen molar-refractivity contribution >= 4 is 29.1 Å². The maximum Gasteiger partial charge on any atom is 0.274 e. The number of hydrogen-bond acceptors (Lipinski definition) is 4. The molecule has 0 fully saturated rings. The summed E-state index contributed by atoms with van der Waals surface area (Å²) in [5, 5.41) is 8.49. The number of aromatic nitrogens is 2. The van der Waals surface area contributed by atoms with Crippen molar-refractivity contribution in [2.75, 3.05) is 6.54 Å². The summed E-state index contributed by atoms with van der Waals surface area (Å²) in [7, 11) is 0. The molecular formula is C20H31ClN4O2. The van der Waals surface area contributed by atoms with E-state index in [0.717, 1.165) is 38.5 Å². The van der Waals surface area contributed by atoms with Crippen molar-refractivity contribution < 1.29 is 4.79 Å². The van der Waals surface area contributed by atoms with Gasteiger partial charge in [0.1, 0.15) is 0 Å². The van der Waals surface area contributed by atoms with Crippen LogP contribution in [0.15, 0.2) is 29.1 Å². The number of halogens is 1. The Morgan fingerprint density at radius 1 is 1.15 bits per heavy atom. The van der Waals surface area contributed by atoms with Crippen LogP contribution in [-0.4, -0.2) is 28.3 Å². The summed E-state index contributed by atoms with van der Waals surface area (Å²) < 4.78 is 1.43. The van der Waals surface area contributed by atoms with Gasteiger partial charge in [0.15, 0.2) is 5.69 Å². The maximum atomic E-state index is 12.8. The second-order valence-electron chi connectivity index (χ2n) is 6.68. The molecule has 1 unspecified atom stereocenters. The largest absolute Gasteiger partial charge is 0.347 e. The molecule has 0 saturated carbocycles. The molecule has 1 heterocycles. The molecule has 2 rings (SSSR count). The summed E-state index contributed by atoms with van der Waals surface area (Å²) in [4.78, 5) is 25.5. The number of rotatable bonds is 10. The number of nitrogens with one attached hydrogen (secondary N) is 1. The first kappa shape index (κ1) is 23.1. The summed E-state index contributed by atoms with van der Waals surface area (Å²) in [5.41, 5.74) is 5.95. The van der Waals surface area contributed by atoms with Crippen molar-refractivity contribution in [1.29, 1.82) is 0 Å². The smallest absolute Gasteiger partial charge is 0.274 e. The van der Waals surface area contributed by atoms with Crippen molar-refractivity contribution in [3.05, 3.63) is 40.3 Å². The van der Waals surface area contributed by atoms with E-state index in [9.17, 15) is 9.59 Å². The number of fused-ring (bicyclic) bond motifs is 1. The quantitative estimate of drug-likeness (QED) is 0.605. The summed E-state index contributed by atoms with van der Waals surface area (Å²) in [6, 6.07) is 7.08. The fraction of sp³-hybridized carbons (Fsp3) is 0.550. The van der Waals surface area contributed by atoms with Crippen molar-refractivity contribution in [1.82, 2.24) is 15.1 Å². The average Bonchev–Trinajstić information content (AvgIpc) is 2.67. The number of unbranched alkanes of at least 4 members (excludes halogenated alkanes) is 3. The van der Waals surface area contributed by atoms with Crippen molar-refractivity contribution in [2.24, 2.45) is 5.73 Å². The van der Waals surface area contributed by atoms with E-state index in [0.29, 0.717) is 29.6 Å². The van der Waals surface area contributed by atoms with Gasteiger partial charge in [-0.05, 0) is 18.9 Å². The summed E-state index contributed by atoms with van der Waals surface area (Å²) in [6.07, 6.45) is 5.85. The first-order valence-corrected chi connectivity index (χ1v) is 9.63. The summed E-state index contributed by atoms with van der Waals surface area (Å²) in [6.45, 7) is 5.13. The van der Waals surface area contributed by atoms with E-state index < -0.39 is 0 Å². The fourth-order valence-electron chi connectivity index (χ4n) is 3.02. The maximum absolute atomic E-state index is 12.8. The molecule has 150 valence electrons. The molecule has 0 saturated heterocycles. The van der Waals surface area contributed by atoms with E-state index in [2.05, 4.69) is 24.3 Å². The molecule has 3 N–H and O–H groups in total. The van der Waals surface area contributed by atoms with Gasteiger partial charge < -0.3 is 11.1 Å². The van der Waals surface area contributed by atoms with Gasteiger partial charge in [-0.1, -0.05) is 57.7 Å². The number of nitrogens with zero attached hydrogens (tertiary/aromatic N) is 2. The van der Waals surface area contributed by atoms with Crippen LogP contribution in [0.3, 0.4) is 0 Å². The fourth-order valence-corrected chi connectivity index (χ4v) is 3.02. The van der Waals surface area contributed by atoms with E-state index >= 15 is 0 Å². The zero-order valence-corrected chi connectivity index (χ0v) is 17.1. The molecule has 1 aromatic heterocycles. The van der Waals surface area contributed by atoms with Gasteiger partial charge in [0.2, 0.25) is 0 Å². The van der Waals surface area contributed by atoms with Crippen LogP contribution in [0.4, 0.5) is 0 Å². The van der Waals surface area contributed by atoms with E-state index in [1.807, 2.05) is 12.1 Å². The lowest BCUT2D eigenvalue weighted by Gasteiger charge is -2.17. The molecule has 0 bridgehead atoms. The van der Waals surface area contributed by atoms with Gasteiger partial charge in [-0.3, -0.25) is 9.59 Å². The predicted molar refractivity (Wildman–Crippen MR) is 113 cm³/mol. The van der Waals surface area contributed by atoms with Crippen LogP contribution >= 0.6 is 12.4 Å². The second kappa shape index (κ2) is 11.7.